The highest BCUT2D eigenvalue weighted by Gasteiger charge is 2.31. The molecule has 25 heavy (non-hydrogen) atoms. The van der Waals surface area contributed by atoms with Crippen LogP contribution >= 0.6 is 0 Å². The normalized spacial score (nSPS) is 16.8. The number of fused-ring (bicyclic) bond motifs is 1. The molecule has 1 atom stereocenters. The third-order valence-corrected chi connectivity index (χ3v) is 4.52. The van der Waals surface area contributed by atoms with Crippen LogP contribution < -0.4 is 5.32 Å². The van der Waals surface area contributed by atoms with Gasteiger partial charge in [0.15, 0.2) is 5.82 Å². The molecule has 8 heteroatoms. The second-order valence-electron chi connectivity index (χ2n) is 6.22. The SMILES string of the molecule is Cc1noc([C@@H](NC(=O)c2ccc3nc[nH]c3c2)C2CCOCC2)n1. The Morgan fingerprint density at radius 2 is 2.20 bits per heavy atom. The molecule has 2 N–H and O–H groups in total. The molecule has 1 fully saturated rings. The molecule has 0 radical (unpaired) electrons. The Kier molecular flexibility index (Phi) is 4.19. The van der Waals surface area contributed by atoms with Crippen molar-refractivity contribution in [3.8, 4) is 0 Å². The van der Waals surface area contributed by atoms with E-state index in [4.69, 9.17) is 9.26 Å². The Labute approximate surface area is 144 Å². The summed E-state index contributed by atoms with van der Waals surface area (Å²) >= 11 is 0. The van der Waals surface area contributed by atoms with E-state index in [9.17, 15) is 4.79 Å². The average molecular weight is 341 g/mol. The van der Waals surface area contributed by atoms with E-state index in [2.05, 4.69) is 25.4 Å². The van der Waals surface area contributed by atoms with Crippen molar-refractivity contribution in [2.24, 2.45) is 5.92 Å². The summed E-state index contributed by atoms with van der Waals surface area (Å²) in [5, 5.41) is 6.93. The molecule has 0 aliphatic carbocycles. The third kappa shape index (κ3) is 3.25. The maximum atomic E-state index is 12.8. The fourth-order valence-electron chi connectivity index (χ4n) is 3.17. The lowest BCUT2D eigenvalue weighted by molar-refractivity contribution is 0.0468. The van der Waals surface area contributed by atoms with Crippen LogP contribution in [0.3, 0.4) is 0 Å². The Morgan fingerprint density at radius 3 is 2.96 bits per heavy atom. The number of hydrogen-bond acceptors (Lipinski definition) is 6. The van der Waals surface area contributed by atoms with E-state index in [1.54, 1.807) is 25.4 Å². The number of aryl methyl sites for hydroxylation is 1. The molecule has 1 amide bonds. The van der Waals surface area contributed by atoms with E-state index in [1.807, 2.05) is 6.07 Å². The first-order valence-corrected chi connectivity index (χ1v) is 8.32. The first-order chi connectivity index (χ1) is 12.2. The predicted molar refractivity (Wildman–Crippen MR) is 88.9 cm³/mol. The molecule has 1 aromatic carbocycles. The van der Waals surface area contributed by atoms with Gasteiger partial charge in [-0.1, -0.05) is 5.16 Å². The molecule has 4 rings (SSSR count). The van der Waals surface area contributed by atoms with Crippen LogP contribution in [0.5, 0.6) is 0 Å². The van der Waals surface area contributed by atoms with Gasteiger partial charge < -0.3 is 19.6 Å². The zero-order chi connectivity index (χ0) is 17.2. The number of carbonyl (C=O) groups is 1. The Morgan fingerprint density at radius 1 is 1.36 bits per heavy atom. The summed E-state index contributed by atoms with van der Waals surface area (Å²) < 4.78 is 10.8. The lowest BCUT2D eigenvalue weighted by atomic mass is 9.91. The highest BCUT2D eigenvalue weighted by atomic mass is 16.5. The number of amides is 1. The number of aromatic nitrogens is 4. The molecular weight excluding hydrogens is 322 g/mol. The maximum Gasteiger partial charge on any atom is 0.252 e. The molecule has 1 aliphatic heterocycles. The molecule has 0 bridgehead atoms. The minimum atomic E-state index is -0.324. The molecule has 2 aromatic heterocycles. The summed E-state index contributed by atoms with van der Waals surface area (Å²) in [6.07, 6.45) is 3.29. The fraction of sp³-hybridized carbons (Fsp3) is 0.412. The van der Waals surface area contributed by atoms with Gasteiger partial charge in [-0.3, -0.25) is 4.79 Å². The summed E-state index contributed by atoms with van der Waals surface area (Å²) in [7, 11) is 0. The molecule has 8 nitrogen and oxygen atoms in total. The molecule has 0 spiro atoms. The molecular formula is C17H19N5O3. The lowest BCUT2D eigenvalue weighted by Crippen LogP contribution is -2.36. The van der Waals surface area contributed by atoms with Crippen LogP contribution in [-0.4, -0.2) is 39.2 Å². The number of aromatic amines is 1. The van der Waals surface area contributed by atoms with Crippen LogP contribution in [-0.2, 0) is 4.74 Å². The Hall–Kier alpha value is -2.74. The van der Waals surface area contributed by atoms with Crippen molar-refractivity contribution < 1.29 is 14.1 Å². The number of rotatable bonds is 4. The summed E-state index contributed by atoms with van der Waals surface area (Å²) in [4.78, 5) is 24.3. The van der Waals surface area contributed by atoms with Crippen LogP contribution in [0.4, 0.5) is 0 Å². The number of ether oxygens (including phenoxy) is 1. The van der Waals surface area contributed by atoms with Gasteiger partial charge in [0.2, 0.25) is 5.89 Å². The van der Waals surface area contributed by atoms with E-state index in [-0.39, 0.29) is 17.9 Å². The van der Waals surface area contributed by atoms with E-state index >= 15 is 0 Å². The fourth-order valence-corrected chi connectivity index (χ4v) is 3.17. The van der Waals surface area contributed by atoms with Crippen molar-refractivity contribution in [3.63, 3.8) is 0 Å². The van der Waals surface area contributed by atoms with Gasteiger partial charge >= 0.3 is 0 Å². The quantitative estimate of drug-likeness (QED) is 0.753. The topological polar surface area (TPSA) is 106 Å². The molecule has 3 aromatic rings. The smallest absolute Gasteiger partial charge is 0.252 e. The minimum absolute atomic E-state index is 0.177. The van der Waals surface area contributed by atoms with Crippen molar-refractivity contribution >= 4 is 16.9 Å². The van der Waals surface area contributed by atoms with Gasteiger partial charge in [0, 0.05) is 18.8 Å². The standard InChI is InChI=1S/C17H19N5O3/c1-10-20-17(25-22-10)15(11-4-6-24-7-5-11)21-16(23)12-2-3-13-14(8-12)19-9-18-13/h2-3,8-9,11,15H,4-7H2,1H3,(H,18,19)(H,21,23)/t15-/m0/s1. The van der Waals surface area contributed by atoms with Crippen LogP contribution in [0.15, 0.2) is 29.0 Å². The monoisotopic (exact) mass is 341 g/mol. The maximum absolute atomic E-state index is 12.8. The highest BCUT2D eigenvalue weighted by Crippen LogP contribution is 2.29. The second kappa shape index (κ2) is 6.64. The first kappa shape index (κ1) is 15.8. The average Bonchev–Trinajstić information content (AvgIpc) is 3.28. The molecule has 130 valence electrons. The summed E-state index contributed by atoms with van der Waals surface area (Å²) in [5.41, 5.74) is 2.21. The molecule has 1 saturated heterocycles. The highest BCUT2D eigenvalue weighted by molar-refractivity contribution is 5.97. The first-order valence-electron chi connectivity index (χ1n) is 8.32. The molecule has 0 unspecified atom stereocenters. The van der Waals surface area contributed by atoms with Gasteiger partial charge in [-0.25, -0.2) is 4.98 Å². The number of benzene rings is 1. The number of nitrogens with one attached hydrogen (secondary N) is 2. The van der Waals surface area contributed by atoms with E-state index < -0.39 is 0 Å². The van der Waals surface area contributed by atoms with Gasteiger partial charge in [-0.2, -0.15) is 4.98 Å². The van der Waals surface area contributed by atoms with Crippen LogP contribution in [0, 0.1) is 12.8 Å². The third-order valence-electron chi connectivity index (χ3n) is 4.52. The van der Waals surface area contributed by atoms with Crippen molar-refractivity contribution in [1.82, 2.24) is 25.4 Å². The van der Waals surface area contributed by atoms with E-state index in [1.165, 1.54) is 0 Å². The minimum Gasteiger partial charge on any atom is -0.381 e. The number of H-pyrrole nitrogens is 1. The Balaban J connectivity index is 1.59. The number of nitrogens with zero attached hydrogens (tertiary/aromatic N) is 3. The summed E-state index contributed by atoms with van der Waals surface area (Å²) in [6.45, 7) is 3.11. The van der Waals surface area contributed by atoms with Crippen molar-refractivity contribution in [2.75, 3.05) is 13.2 Å². The van der Waals surface area contributed by atoms with Gasteiger partial charge in [0.1, 0.15) is 6.04 Å². The number of imidazole rings is 1. The van der Waals surface area contributed by atoms with E-state index in [0.29, 0.717) is 30.5 Å². The van der Waals surface area contributed by atoms with Crippen molar-refractivity contribution in [3.05, 3.63) is 41.8 Å². The van der Waals surface area contributed by atoms with Crippen LogP contribution in [0.25, 0.3) is 11.0 Å². The number of carbonyl (C=O) groups excluding carboxylic acids is 1. The molecule has 0 saturated carbocycles. The zero-order valence-corrected chi connectivity index (χ0v) is 13.9. The van der Waals surface area contributed by atoms with Gasteiger partial charge in [-0.05, 0) is 43.9 Å². The second-order valence-corrected chi connectivity index (χ2v) is 6.22. The van der Waals surface area contributed by atoms with Gasteiger partial charge in [-0.15, -0.1) is 0 Å². The molecule has 1 aliphatic rings. The lowest BCUT2D eigenvalue weighted by Gasteiger charge is -2.28. The summed E-state index contributed by atoms with van der Waals surface area (Å²) in [6, 6.07) is 5.05. The van der Waals surface area contributed by atoms with Crippen molar-refractivity contribution in [1.29, 1.82) is 0 Å². The number of hydrogen-bond donors (Lipinski definition) is 2. The van der Waals surface area contributed by atoms with E-state index in [0.717, 1.165) is 23.9 Å². The molecule has 3 heterocycles. The zero-order valence-electron chi connectivity index (χ0n) is 13.9. The van der Waals surface area contributed by atoms with Gasteiger partial charge in [0.25, 0.3) is 5.91 Å². The largest absolute Gasteiger partial charge is 0.381 e. The van der Waals surface area contributed by atoms with Crippen molar-refractivity contribution in [2.45, 2.75) is 25.8 Å². The predicted octanol–water partition coefficient (Wildman–Crippen LogP) is 2.15. The summed E-state index contributed by atoms with van der Waals surface area (Å²) in [5.74, 6) is 1.03. The van der Waals surface area contributed by atoms with Gasteiger partial charge in [0.05, 0.1) is 17.4 Å². The van der Waals surface area contributed by atoms with Crippen LogP contribution in [0.2, 0.25) is 0 Å². The Bertz CT molecular complexity index is 881. The van der Waals surface area contributed by atoms with Crippen LogP contribution in [0.1, 0.15) is 41.0 Å².